The molecule has 1 atom stereocenters. The number of thioether (sulfide) groups is 1. The average Bonchev–Trinajstić information content (AvgIpc) is 2.78. The standard InChI is InChI=1S/C14H20N2OS/c1-4-17-12-7-5-6-11(8-12)16-14-15-9-13(18-14)10(2)3/h5-8,10,13H,4,9H2,1-3H3,(H,15,16). The summed E-state index contributed by atoms with van der Waals surface area (Å²) in [4.78, 5) is 4.54. The number of hydrogen-bond donors (Lipinski definition) is 1. The van der Waals surface area contributed by atoms with Gasteiger partial charge >= 0.3 is 0 Å². The van der Waals surface area contributed by atoms with E-state index in [0.29, 0.717) is 17.8 Å². The Labute approximate surface area is 113 Å². The summed E-state index contributed by atoms with van der Waals surface area (Å²) in [6, 6.07) is 8.01. The van der Waals surface area contributed by atoms with Gasteiger partial charge in [0, 0.05) is 17.0 Å². The van der Waals surface area contributed by atoms with E-state index in [0.717, 1.165) is 23.1 Å². The van der Waals surface area contributed by atoms with Crippen molar-refractivity contribution < 1.29 is 4.74 Å². The minimum atomic E-state index is 0.600. The minimum absolute atomic E-state index is 0.600. The fraction of sp³-hybridized carbons (Fsp3) is 0.500. The number of rotatable bonds is 4. The summed E-state index contributed by atoms with van der Waals surface area (Å²) >= 11 is 1.83. The van der Waals surface area contributed by atoms with E-state index in [4.69, 9.17) is 4.74 Å². The van der Waals surface area contributed by atoms with Crippen LogP contribution in [0.4, 0.5) is 5.69 Å². The molecule has 0 fully saturated rings. The predicted molar refractivity (Wildman–Crippen MR) is 79.8 cm³/mol. The van der Waals surface area contributed by atoms with Gasteiger partial charge in [-0.3, -0.25) is 4.99 Å². The van der Waals surface area contributed by atoms with Gasteiger partial charge in [-0.1, -0.05) is 31.7 Å². The summed E-state index contributed by atoms with van der Waals surface area (Å²) in [6.45, 7) is 8.08. The van der Waals surface area contributed by atoms with Crippen molar-refractivity contribution in [1.82, 2.24) is 0 Å². The van der Waals surface area contributed by atoms with Crippen molar-refractivity contribution in [3.05, 3.63) is 24.3 Å². The third kappa shape index (κ3) is 3.42. The molecular weight excluding hydrogens is 244 g/mol. The van der Waals surface area contributed by atoms with Crippen LogP contribution in [-0.4, -0.2) is 23.6 Å². The Kier molecular flexibility index (Phi) is 4.53. The van der Waals surface area contributed by atoms with Crippen LogP contribution in [0.25, 0.3) is 0 Å². The summed E-state index contributed by atoms with van der Waals surface area (Å²) in [7, 11) is 0. The number of nitrogens with one attached hydrogen (secondary N) is 1. The number of ether oxygens (including phenoxy) is 1. The van der Waals surface area contributed by atoms with Crippen molar-refractivity contribution in [2.75, 3.05) is 18.5 Å². The van der Waals surface area contributed by atoms with E-state index in [9.17, 15) is 0 Å². The number of amidine groups is 1. The van der Waals surface area contributed by atoms with Gasteiger partial charge in [0.15, 0.2) is 5.17 Å². The molecule has 1 N–H and O–H groups in total. The van der Waals surface area contributed by atoms with E-state index < -0.39 is 0 Å². The molecule has 0 saturated heterocycles. The molecule has 0 spiro atoms. The number of anilines is 1. The van der Waals surface area contributed by atoms with Crippen LogP contribution in [0.5, 0.6) is 5.75 Å². The Morgan fingerprint density at radius 3 is 3.00 bits per heavy atom. The molecule has 0 amide bonds. The molecule has 0 aliphatic carbocycles. The highest BCUT2D eigenvalue weighted by Crippen LogP contribution is 2.28. The molecule has 3 nitrogen and oxygen atoms in total. The second kappa shape index (κ2) is 6.14. The van der Waals surface area contributed by atoms with Crippen molar-refractivity contribution in [3.63, 3.8) is 0 Å². The lowest BCUT2D eigenvalue weighted by atomic mass is 10.1. The first-order chi connectivity index (χ1) is 8.69. The van der Waals surface area contributed by atoms with Crippen molar-refractivity contribution >= 4 is 22.6 Å². The molecule has 1 aromatic rings. The number of aliphatic imine (C=N–C) groups is 1. The highest BCUT2D eigenvalue weighted by Gasteiger charge is 2.22. The summed E-state index contributed by atoms with van der Waals surface area (Å²) in [5.41, 5.74) is 1.04. The maximum Gasteiger partial charge on any atom is 0.161 e. The van der Waals surface area contributed by atoms with Gasteiger partial charge in [-0.15, -0.1) is 0 Å². The van der Waals surface area contributed by atoms with Gasteiger partial charge in [-0.05, 0) is 25.0 Å². The lowest BCUT2D eigenvalue weighted by molar-refractivity contribution is 0.340. The van der Waals surface area contributed by atoms with Crippen LogP contribution in [0.3, 0.4) is 0 Å². The first-order valence-corrected chi connectivity index (χ1v) is 7.28. The second-order valence-corrected chi connectivity index (χ2v) is 5.86. The molecular formula is C14H20N2OS. The van der Waals surface area contributed by atoms with Crippen LogP contribution < -0.4 is 10.1 Å². The fourth-order valence-corrected chi connectivity index (χ4v) is 2.79. The Bertz CT molecular complexity index is 432. The zero-order valence-electron chi connectivity index (χ0n) is 11.1. The average molecular weight is 264 g/mol. The molecule has 1 aliphatic rings. The lowest BCUT2D eigenvalue weighted by Gasteiger charge is -2.12. The third-order valence-corrected chi connectivity index (χ3v) is 4.27. The Morgan fingerprint density at radius 2 is 2.33 bits per heavy atom. The number of hydrogen-bond acceptors (Lipinski definition) is 4. The molecule has 1 heterocycles. The van der Waals surface area contributed by atoms with Crippen LogP contribution >= 0.6 is 11.8 Å². The molecule has 1 unspecified atom stereocenters. The minimum Gasteiger partial charge on any atom is -0.494 e. The summed E-state index contributed by atoms with van der Waals surface area (Å²) < 4.78 is 5.48. The van der Waals surface area contributed by atoms with Crippen LogP contribution in [-0.2, 0) is 0 Å². The van der Waals surface area contributed by atoms with Crippen molar-refractivity contribution in [2.45, 2.75) is 26.0 Å². The molecule has 0 bridgehead atoms. The van der Waals surface area contributed by atoms with Gasteiger partial charge in [0.1, 0.15) is 5.75 Å². The normalized spacial score (nSPS) is 18.9. The summed E-state index contributed by atoms with van der Waals surface area (Å²) in [5.74, 6) is 1.55. The van der Waals surface area contributed by atoms with E-state index in [1.807, 2.05) is 43.0 Å². The molecule has 2 rings (SSSR count). The van der Waals surface area contributed by atoms with Gasteiger partial charge in [-0.2, -0.15) is 0 Å². The third-order valence-electron chi connectivity index (χ3n) is 2.82. The number of nitrogens with zero attached hydrogens (tertiary/aromatic N) is 1. The van der Waals surface area contributed by atoms with Crippen LogP contribution in [0, 0.1) is 5.92 Å². The molecule has 4 heteroatoms. The van der Waals surface area contributed by atoms with Crippen molar-refractivity contribution in [3.8, 4) is 5.75 Å². The molecule has 18 heavy (non-hydrogen) atoms. The second-order valence-electron chi connectivity index (χ2n) is 4.63. The Morgan fingerprint density at radius 1 is 1.50 bits per heavy atom. The monoisotopic (exact) mass is 264 g/mol. The highest BCUT2D eigenvalue weighted by atomic mass is 32.2. The maximum atomic E-state index is 5.48. The van der Waals surface area contributed by atoms with E-state index in [1.54, 1.807) is 0 Å². The van der Waals surface area contributed by atoms with E-state index in [1.165, 1.54) is 0 Å². The summed E-state index contributed by atoms with van der Waals surface area (Å²) in [6.07, 6.45) is 0. The van der Waals surface area contributed by atoms with Crippen molar-refractivity contribution in [1.29, 1.82) is 0 Å². The Balaban J connectivity index is 1.96. The topological polar surface area (TPSA) is 33.6 Å². The smallest absolute Gasteiger partial charge is 0.161 e. The molecule has 0 aromatic heterocycles. The first-order valence-electron chi connectivity index (χ1n) is 6.40. The zero-order valence-corrected chi connectivity index (χ0v) is 12.0. The van der Waals surface area contributed by atoms with Crippen LogP contribution in [0.2, 0.25) is 0 Å². The van der Waals surface area contributed by atoms with Gasteiger partial charge in [0.05, 0.1) is 13.2 Å². The highest BCUT2D eigenvalue weighted by molar-refractivity contribution is 8.15. The fourth-order valence-electron chi connectivity index (χ4n) is 1.76. The van der Waals surface area contributed by atoms with Gasteiger partial charge in [0.25, 0.3) is 0 Å². The number of benzene rings is 1. The maximum absolute atomic E-state index is 5.48. The molecule has 1 aliphatic heterocycles. The van der Waals surface area contributed by atoms with E-state index >= 15 is 0 Å². The quantitative estimate of drug-likeness (QED) is 0.901. The van der Waals surface area contributed by atoms with E-state index in [-0.39, 0.29) is 0 Å². The van der Waals surface area contributed by atoms with Crippen LogP contribution in [0.1, 0.15) is 20.8 Å². The van der Waals surface area contributed by atoms with Gasteiger partial charge in [-0.25, -0.2) is 0 Å². The molecule has 1 aromatic carbocycles. The first kappa shape index (κ1) is 13.3. The predicted octanol–water partition coefficient (Wildman–Crippen LogP) is 3.62. The van der Waals surface area contributed by atoms with Gasteiger partial charge in [0.2, 0.25) is 0 Å². The zero-order chi connectivity index (χ0) is 13.0. The molecule has 98 valence electrons. The van der Waals surface area contributed by atoms with Crippen molar-refractivity contribution in [2.24, 2.45) is 10.9 Å². The van der Waals surface area contributed by atoms with E-state index in [2.05, 4.69) is 24.2 Å². The lowest BCUT2D eigenvalue weighted by Crippen LogP contribution is -2.13. The SMILES string of the molecule is CCOc1cccc(NC2=NCC(C(C)C)S2)c1. The van der Waals surface area contributed by atoms with Gasteiger partial charge < -0.3 is 10.1 Å². The summed E-state index contributed by atoms with van der Waals surface area (Å²) in [5, 5.41) is 4.97. The molecule has 0 saturated carbocycles. The largest absolute Gasteiger partial charge is 0.494 e. The Hall–Kier alpha value is -1.16. The van der Waals surface area contributed by atoms with Crippen LogP contribution in [0.15, 0.2) is 29.3 Å². The molecule has 0 radical (unpaired) electrons.